The summed E-state index contributed by atoms with van der Waals surface area (Å²) in [6, 6.07) is 13.6. The highest BCUT2D eigenvalue weighted by Gasteiger charge is 2.60. The molecule has 2 aliphatic heterocycles. The Morgan fingerprint density at radius 1 is 0.926 bits per heavy atom. The van der Waals surface area contributed by atoms with Gasteiger partial charge in [0.1, 0.15) is 11.2 Å². The molecule has 2 bridgehead atoms. The topological polar surface area (TPSA) is 16.4 Å². The maximum absolute atomic E-state index is 6.13. The molecule has 2 heteroatoms. The summed E-state index contributed by atoms with van der Waals surface area (Å²) in [5, 5.41) is 2.47. The number of nitrogens with zero attached hydrogens (tertiary/aromatic N) is 1. The average molecular weight is 362 g/mol. The van der Waals surface area contributed by atoms with Gasteiger partial charge in [-0.05, 0) is 74.6 Å². The molecule has 2 aromatic carbocycles. The summed E-state index contributed by atoms with van der Waals surface area (Å²) >= 11 is 0. The Balaban J connectivity index is 1.75. The molecule has 0 radical (unpaired) electrons. The van der Waals surface area contributed by atoms with Crippen LogP contribution in [0, 0.1) is 24.2 Å². The van der Waals surface area contributed by atoms with Crippen LogP contribution in [0.2, 0.25) is 0 Å². The molecule has 1 saturated carbocycles. The Kier molecular flexibility index (Phi) is 3.37. The van der Waals surface area contributed by atoms with E-state index in [1.807, 2.05) is 0 Å². The lowest BCUT2D eigenvalue weighted by atomic mass is 9.50. The van der Waals surface area contributed by atoms with Gasteiger partial charge in [0.15, 0.2) is 0 Å². The van der Waals surface area contributed by atoms with Crippen molar-refractivity contribution in [2.24, 2.45) is 17.3 Å². The van der Waals surface area contributed by atoms with Gasteiger partial charge in [-0.2, -0.15) is 0 Å². The minimum Gasteiger partial charge on any atom is -0.456 e. The van der Waals surface area contributed by atoms with E-state index in [2.05, 4.69) is 82.8 Å². The van der Waals surface area contributed by atoms with Crippen LogP contribution in [0.4, 0.5) is 5.69 Å². The standard InChI is InChI=1S/C25H31NO/c1-15-13-23-20(19-9-7-8-10-22(19)27-23)14-21(15)26-18(4)24(5)11-12-25(26,6)17(3)16(24)2/h7-10,13-14,16-18H,11-12H2,1-6H3/t16?,17?,18-,24?,25?/m0/s1. The molecule has 4 unspecified atom stereocenters. The van der Waals surface area contributed by atoms with Gasteiger partial charge in [-0.15, -0.1) is 0 Å². The van der Waals surface area contributed by atoms with Crippen LogP contribution in [0.5, 0.6) is 0 Å². The molecular weight excluding hydrogens is 330 g/mol. The predicted octanol–water partition coefficient (Wildman–Crippen LogP) is 6.93. The summed E-state index contributed by atoms with van der Waals surface area (Å²) < 4.78 is 6.13. The van der Waals surface area contributed by atoms with E-state index in [0.717, 1.165) is 17.1 Å². The van der Waals surface area contributed by atoms with Gasteiger partial charge in [-0.1, -0.05) is 39.0 Å². The van der Waals surface area contributed by atoms with E-state index in [1.54, 1.807) is 0 Å². The van der Waals surface area contributed by atoms with E-state index in [9.17, 15) is 0 Å². The number of aryl methyl sites for hydroxylation is 1. The summed E-state index contributed by atoms with van der Waals surface area (Å²) in [5.74, 6) is 1.44. The van der Waals surface area contributed by atoms with Gasteiger partial charge in [0, 0.05) is 28.0 Å². The zero-order chi connectivity index (χ0) is 19.1. The Hall–Kier alpha value is -1.96. The van der Waals surface area contributed by atoms with Crippen molar-refractivity contribution in [1.82, 2.24) is 0 Å². The maximum atomic E-state index is 6.13. The fourth-order valence-electron chi connectivity index (χ4n) is 6.36. The Labute approximate surface area is 162 Å². The number of benzene rings is 2. The van der Waals surface area contributed by atoms with Gasteiger partial charge in [0.25, 0.3) is 0 Å². The van der Waals surface area contributed by atoms with Crippen molar-refractivity contribution in [3.63, 3.8) is 0 Å². The fourth-order valence-corrected chi connectivity index (χ4v) is 6.36. The molecule has 27 heavy (non-hydrogen) atoms. The quantitative estimate of drug-likeness (QED) is 0.467. The first-order chi connectivity index (χ1) is 12.8. The second-order valence-corrected chi connectivity index (χ2v) is 9.72. The molecule has 1 aliphatic carbocycles. The monoisotopic (exact) mass is 361 g/mol. The Morgan fingerprint density at radius 2 is 1.67 bits per heavy atom. The van der Waals surface area contributed by atoms with Crippen molar-refractivity contribution in [2.45, 2.75) is 66.0 Å². The number of hydrogen-bond donors (Lipinski definition) is 0. The van der Waals surface area contributed by atoms with Crippen molar-refractivity contribution < 1.29 is 4.42 Å². The van der Waals surface area contributed by atoms with E-state index in [4.69, 9.17) is 4.42 Å². The molecule has 3 aliphatic rings. The van der Waals surface area contributed by atoms with Crippen LogP contribution in [0.3, 0.4) is 0 Å². The van der Waals surface area contributed by atoms with Crippen LogP contribution in [-0.2, 0) is 0 Å². The lowest BCUT2D eigenvalue weighted by Gasteiger charge is -2.68. The van der Waals surface area contributed by atoms with Crippen LogP contribution in [-0.4, -0.2) is 11.6 Å². The highest BCUT2D eigenvalue weighted by Crippen LogP contribution is 2.60. The Bertz CT molecular complexity index is 1050. The number of rotatable bonds is 1. The van der Waals surface area contributed by atoms with E-state index in [0.29, 0.717) is 17.4 Å². The van der Waals surface area contributed by atoms with Crippen LogP contribution >= 0.6 is 0 Å². The normalized spacial score (nSPS) is 36.1. The third-order valence-electron chi connectivity index (χ3n) is 8.79. The molecule has 142 valence electrons. The van der Waals surface area contributed by atoms with E-state index < -0.39 is 0 Å². The summed E-state index contributed by atoms with van der Waals surface area (Å²) in [4.78, 5) is 2.78. The summed E-state index contributed by atoms with van der Waals surface area (Å²) in [6.45, 7) is 14.7. The zero-order valence-electron chi connectivity index (χ0n) is 17.5. The number of fused-ring (bicyclic) bond motifs is 6. The van der Waals surface area contributed by atoms with Crippen LogP contribution < -0.4 is 4.90 Å². The van der Waals surface area contributed by atoms with Crippen LogP contribution in [0.1, 0.15) is 53.0 Å². The highest BCUT2D eigenvalue weighted by atomic mass is 16.3. The van der Waals surface area contributed by atoms with Crippen molar-refractivity contribution in [3.05, 3.63) is 42.0 Å². The molecule has 6 rings (SSSR count). The minimum atomic E-state index is 0.217. The van der Waals surface area contributed by atoms with E-state index >= 15 is 0 Å². The number of anilines is 1. The number of furan rings is 1. The van der Waals surface area contributed by atoms with Gasteiger partial charge in [-0.25, -0.2) is 0 Å². The third-order valence-corrected chi connectivity index (χ3v) is 8.79. The van der Waals surface area contributed by atoms with Crippen molar-refractivity contribution in [2.75, 3.05) is 4.90 Å². The number of para-hydroxylation sites is 1. The maximum Gasteiger partial charge on any atom is 0.135 e. The second kappa shape index (κ2) is 5.31. The zero-order valence-corrected chi connectivity index (χ0v) is 17.5. The minimum absolute atomic E-state index is 0.217. The van der Waals surface area contributed by atoms with Crippen molar-refractivity contribution >= 4 is 27.6 Å². The number of hydrogen-bond acceptors (Lipinski definition) is 2. The molecule has 0 N–H and O–H groups in total. The van der Waals surface area contributed by atoms with Gasteiger partial charge in [0.05, 0.1) is 0 Å². The SMILES string of the molecule is Cc1cc2oc3ccccc3c2cc1N1[C@@H](C)C2(C)CCC1(C)C(C)C2C. The van der Waals surface area contributed by atoms with Gasteiger partial charge >= 0.3 is 0 Å². The van der Waals surface area contributed by atoms with Crippen LogP contribution in [0.15, 0.2) is 40.8 Å². The lowest BCUT2D eigenvalue weighted by Crippen LogP contribution is -2.72. The van der Waals surface area contributed by atoms with E-state index in [-0.39, 0.29) is 5.54 Å². The highest BCUT2D eigenvalue weighted by molar-refractivity contribution is 6.06. The molecule has 2 nitrogen and oxygen atoms in total. The smallest absolute Gasteiger partial charge is 0.135 e. The van der Waals surface area contributed by atoms with Crippen LogP contribution in [0.25, 0.3) is 21.9 Å². The van der Waals surface area contributed by atoms with E-state index in [1.165, 1.54) is 34.9 Å². The van der Waals surface area contributed by atoms with Gasteiger partial charge < -0.3 is 9.32 Å². The first-order valence-corrected chi connectivity index (χ1v) is 10.5. The van der Waals surface area contributed by atoms with Crippen molar-refractivity contribution in [3.8, 4) is 0 Å². The average Bonchev–Trinajstić information content (AvgIpc) is 3.00. The molecular formula is C25H31NO. The van der Waals surface area contributed by atoms with Crippen molar-refractivity contribution in [1.29, 1.82) is 0 Å². The second-order valence-electron chi connectivity index (χ2n) is 9.72. The summed E-state index contributed by atoms with van der Waals surface area (Å²) in [6.07, 6.45) is 2.62. The Morgan fingerprint density at radius 3 is 2.44 bits per heavy atom. The summed E-state index contributed by atoms with van der Waals surface area (Å²) in [7, 11) is 0. The summed E-state index contributed by atoms with van der Waals surface area (Å²) in [5.41, 5.74) is 5.30. The fraction of sp³-hybridized carbons (Fsp3) is 0.520. The molecule has 2 saturated heterocycles. The predicted molar refractivity (Wildman–Crippen MR) is 114 cm³/mol. The van der Waals surface area contributed by atoms with Gasteiger partial charge in [0.2, 0.25) is 0 Å². The molecule has 0 spiro atoms. The lowest BCUT2D eigenvalue weighted by molar-refractivity contribution is -0.0524. The molecule has 3 aromatic rings. The van der Waals surface area contributed by atoms with Gasteiger partial charge in [-0.3, -0.25) is 0 Å². The largest absolute Gasteiger partial charge is 0.456 e. The molecule has 3 heterocycles. The molecule has 0 amide bonds. The molecule has 1 aromatic heterocycles. The molecule has 3 fully saturated rings. The first kappa shape index (κ1) is 17.2. The number of piperidine rings is 2. The first-order valence-electron chi connectivity index (χ1n) is 10.5. The third kappa shape index (κ3) is 2.02. The molecule has 5 atom stereocenters.